The third kappa shape index (κ3) is 3.22. The van der Waals surface area contributed by atoms with E-state index < -0.39 is 12.1 Å². The normalized spacial score (nSPS) is 12.2. The SMILES string of the molecule is CC(Oc1ccc(I)cc1)C(=O)O. The fraction of sp³-hybridized carbons (Fsp3) is 0.222. The molecule has 1 N–H and O–H groups in total. The minimum atomic E-state index is -0.960. The summed E-state index contributed by atoms with van der Waals surface area (Å²) in [7, 11) is 0. The molecule has 0 aliphatic heterocycles. The maximum Gasteiger partial charge on any atom is 0.344 e. The zero-order valence-electron chi connectivity index (χ0n) is 7.03. The third-order valence-corrected chi connectivity index (χ3v) is 2.19. The summed E-state index contributed by atoms with van der Waals surface area (Å²) in [6, 6.07) is 7.23. The van der Waals surface area contributed by atoms with Crippen molar-refractivity contribution in [3.05, 3.63) is 27.8 Å². The molecule has 0 amide bonds. The Morgan fingerprint density at radius 3 is 2.46 bits per heavy atom. The lowest BCUT2D eigenvalue weighted by molar-refractivity contribution is -0.144. The molecule has 4 heteroatoms. The number of ether oxygens (including phenoxy) is 1. The van der Waals surface area contributed by atoms with Crippen LogP contribution in [0.4, 0.5) is 0 Å². The Morgan fingerprint density at radius 2 is 2.00 bits per heavy atom. The Hall–Kier alpha value is -0.780. The molecule has 0 aliphatic rings. The second kappa shape index (κ2) is 4.45. The van der Waals surface area contributed by atoms with Crippen LogP contribution in [0, 0.1) is 3.57 Å². The molecule has 1 aromatic carbocycles. The van der Waals surface area contributed by atoms with Crippen LogP contribution < -0.4 is 4.74 Å². The molecule has 3 nitrogen and oxygen atoms in total. The molecule has 1 atom stereocenters. The predicted molar refractivity (Wildman–Crippen MR) is 56.9 cm³/mol. The zero-order chi connectivity index (χ0) is 9.84. The number of carboxylic acids is 1. The Balaban J connectivity index is 2.64. The molecule has 0 aliphatic carbocycles. The van der Waals surface area contributed by atoms with Gasteiger partial charge in [-0.1, -0.05) is 0 Å². The highest BCUT2D eigenvalue weighted by Gasteiger charge is 2.11. The van der Waals surface area contributed by atoms with Gasteiger partial charge in [0.25, 0.3) is 0 Å². The van der Waals surface area contributed by atoms with Gasteiger partial charge in [0.15, 0.2) is 6.10 Å². The molecule has 0 heterocycles. The van der Waals surface area contributed by atoms with E-state index in [2.05, 4.69) is 22.6 Å². The quantitative estimate of drug-likeness (QED) is 0.868. The van der Waals surface area contributed by atoms with Crippen molar-refractivity contribution in [3.8, 4) is 5.75 Å². The van der Waals surface area contributed by atoms with Crippen LogP contribution in [0.25, 0.3) is 0 Å². The first-order valence-electron chi connectivity index (χ1n) is 3.74. The predicted octanol–water partition coefficient (Wildman–Crippen LogP) is 2.14. The van der Waals surface area contributed by atoms with Gasteiger partial charge in [-0.25, -0.2) is 4.79 Å². The number of halogens is 1. The lowest BCUT2D eigenvalue weighted by Gasteiger charge is -2.09. The van der Waals surface area contributed by atoms with E-state index in [4.69, 9.17) is 9.84 Å². The van der Waals surface area contributed by atoms with Gasteiger partial charge in [0.05, 0.1) is 0 Å². The molecule has 0 saturated heterocycles. The summed E-state index contributed by atoms with van der Waals surface area (Å²) in [5.74, 6) is -0.381. The Bertz CT molecular complexity index is 294. The van der Waals surface area contributed by atoms with Gasteiger partial charge in [0.2, 0.25) is 0 Å². The number of carbonyl (C=O) groups is 1. The van der Waals surface area contributed by atoms with E-state index in [1.807, 2.05) is 12.1 Å². The number of rotatable bonds is 3. The summed E-state index contributed by atoms with van der Waals surface area (Å²) in [4.78, 5) is 10.4. The van der Waals surface area contributed by atoms with Crippen LogP contribution in [0.15, 0.2) is 24.3 Å². The fourth-order valence-corrected chi connectivity index (χ4v) is 1.13. The highest BCUT2D eigenvalue weighted by atomic mass is 127. The average Bonchev–Trinajstić information content (AvgIpc) is 2.08. The van der Waals surface area contributed by atoms with Crippen molar-refractivity contribution in [2.45, 2.75) is 13.0 Å². The number of hydrogen-bond acceptors (Lipinski definition) is 2. The maximum absolute atomic E-state index is 10.4. The van der Waals surface area contributed by atoms with E-state index in [-0.39, 0.29) is 0 Å². The minimum Gasteiger partial charge on any atom is -0.479 e. The van der Waals surface area contributed by atoms with Crippen molar-refractivity contribution in [2.24, 2.45) is 0 Å². The van der Waals surface area contributed by atoms with E-state index in [0.29, 0.717) is 5.75 Å². The first kappa shape index (κ1) is 10.3. The van der Waals surface area contributed by atoms with Crippen molar-refractivity contribution in [3.63, 3.8) is 0 Å². The first-order chi connectivity index (χ1) is 6.09. The summed E-state index contributed by atoms with van der Waals surface area (Å²) >= 11 is 2.17. The summed E-state index contributed by atoms with van der Waals surface area (Å²) in [6.45, 7) is 1.50. The fourth-order valence-electron chi connectivity index (χ4n) is 0.768. The molecule has 0 spiro atoms. The smallest absolute Gasteiger partial charge is 0.344 e. The Kier molecular flexibility index (Phi) is 3.53. The van der Waals surface area contributed by atoms with Crippen molar-refractivity contribution in [1.82, 2.24) is 0 Å². The van der Waals surface area contributed by atoms with Crippen molar-refractivity contribution in [1.29, 1.82) is 0 Å². The van der Waals surface area contributed by atoms with Gasteiger partial charge >= 0.3 is 5.97 Å². The second-order valence-electron chi connectivity index (χ2n) is 2.55. The number of carboxylic acid groups (broad SMARTS) is 1. The van der Waals surface area contributed by atoms with Gasteiger partial charge in [-0.15, -0.1) is 0 Å². The van der Waals surface area contributed by atoms with Gasteiger partial charge < -0.3 is 9.84 Å². The molecule has 0 fully saturated rings. The topological polar surface area (TPSA) is 46.5 Å². The molecule has 13 heavy (non-hydrogen) atoms. The maximum atomic E-state index is 10.4. The molecule has 70 valence electrons. The van der Waals surface area contributed by atoms with Gasteiger partial charge in [-0.2, -0.15) is 0 Å². The van der Waals surface area contributed by atoms with E-state index in [1.165, 1.54) is 6.92 Å². The first-order valence-corrected chi connectivity index (χ1v) is 4.82. The van der Waals surface area contributed by atoms with E-state index in [9.17, 15) is 4.79 Å². The highest BCUT2D eigenvalue weighted by Crippen LogP contribution is 2.14. The molecule has 0 saturated carbocycles. The molecular weight excluding hydrogens is 283 g/mol. The van der Waals surface area contributed by atoms with Crippen LogP contribution in [0.1, 0.15) is 6.92 Å². The number of aliphatic carboxylic acids is 1. The lowest BCUT2D eigenvalue weighted by atomic mass is 10.3. The van der Waals surface area contributed by atoms with Crippen molar-refractivity contribution >= 4 is 28.6 Å². The molecule has 1 unspecified atom stereocenters. The largest absolute Gasteiger partial charge is 0.479 e. The lowest BCUT2D eigenvalue weighted by Crippen LogP contribution is -2.22. The second-order valence-corrected chi connectivity index (χ2v) is 3.80. The van der Waals surface area contributed by atoms with Crippen LogP contribution in [-0.2, 0) is 4.79 Å². The molecule has 0 bridgehead atoms. The number of benzene rings is 1. The molecule has 1 rings (SSSR count). The third-order valence-electron chi connectivity index (χ3n) is 1.47. The van der Waals surface area contributed by atoms with Gasteiger partial charge in [-0.05, 0) is 53.8 Å². The molecule has 0 aromatic heterocycles. The van der Waals surface area contributed by atoms with E-state index >= 15 is 0 Å². The summed E-state index contributed by atoms with van der Waals surface area (Å²) < 4.78 is 6.22. The molecular formula is C9H9IO3. The zero-order valence-corrected chi connectivity index (χ0v) is 9.19. The minimum absolute atomic E-state index is 0.579. The standard InChI is InChI=1S/C9H9IO3/c1-6(9(11)12)13-8-4-2-7(10)3-5-8/h2-6H,1H3,(H,11,12). The average molecular weight is 292 g/mol. The summed E-state index contributed by atoms with van der Waals surface area (Å²) in [5.41, 5.74) is 0. The van der Waals surface area contributed by atoms with Gasteiger partial charge in [-0.3, -0.25) is 0 Å². The molecule has 1 aromatic rings. The summed E-state index contributed by atoms with van der Waals surface area (Å²) in [5, 5.41) is 8.57. The van der Waals surface area contributed by atoms with E-state index in [1.54, 1.807) is 12.1 Å². The van der Waals surface area contributed by atoms with Crippen LogP contribution in [0.5, 0.6) is 5.75 Å². The van der Waals surface area contributed by atoms with E-state index in [0.717, 1.165) is 3.57 Å². The Morgan fingerprint density at radius 1 is 1.46 bits per heavy atom. The summed E-state index contributed by atoms with van der Waals surface area (Å²) in [6.07, 6.45) is -0.805. The van der Waals surface area contributed by atoms with Gasteiger partial charge in [0.1, 0.15) is 5.75 Å². The van der Waals surface area contributed by atoms with Crippen LogP contribution in [0.2, 0.25) is 0 Å². The van der Waals surface area contributed by atoms with Crippen LogP contribution in [-0.4, -0.2) is 17.2 Å². The van der Waals surface area contributed by atoms with Crippen LogP contribution >= 0.6 is 22.6 Å². The highest BCUT2D eigenvalue weighted by molar-refractivity contribution is 14.1. The van der Waals surface area contributed by atoms with Crippen molar-refractivity contribution < 1.29 is 14.6 Å². The molecule has 0 radical (unpaired) electrons. The monoisotopic (exact) mass is 292 g/mol. The van der Waals surface area contributed by atoms with Crippen molar-refractivity contribution in [2.75, 3.05) is 0 Å². The van der Waals surface area contributed by atoms with Gasteiger partial charge in [0, 0.05) is 3.57 Å². The Labute approximate surface area is 89.9 Å². The van der Waals surface area contributed by atoms with Crippen LogP contribution in [0.3, 0.4) is 0 Å². The number of hydrogen-bond donors (Lipinski definition) is 1.